The van der Waals surface area contributed by atoms with E-state index in [9.17, 15) is 0 Å². The Morgan fingerprint density at radius 1 is 1.36 bits per heavy atom. The highest BCUT2D eigenvalue weighted by molar-refractivity contribution is 5.21. The first-order valence-electron chi connectivity index (χ1n) is 4.03. The van der Waals surface area contributed by atoms with E-state index in [1.807, 2.05) is 12.1 Å². The summed E-state index contributed by atoms with van der Waals surface area (Å²) in [5.41, 5.74) is 2.96. The molecule has 0 amide bonds. The molecule has 3 nitrogen and oxygen atoms in total. The molecule has 0 aromatic rings. The van der Waals surface area contributed by atoms with Crippen LogP contribution in [0.2, 0.25) is 0 Å². The van der Waals surface area contributed by atoms with Crippen LogP contribution in [0.5, 0.6) is 0 Å². The largest absolute Gasteiger partial charge is 0.376 e. The van der Waals surface area contributed by atoms with Crippen LogP contribution in [0.1, 0.15) is 6.42 Å². The number of hydrogen-bond donors (Lipinski definition) is 0. The molecular formula is C8H14N2O. The molecule has 62 valence electrons. The van der Waals surface area contributed by atoms with Crippen LogP contribution in [0.4, 0.5) is 0 Å². The van der Waals surface area contributed by atoms with Gasteiger partial charge in [0.1, 0.15) is 0 Å². The third-order valence-electron chi connectivity index (χ3n) is 2.45. The molecule has 0 spiro atoms. The van der Waals surface area contributed by atoms with Gasteiger partial charge in [0, 0.05) is 26.3 Å². The summed E-state index contributed by atoms with van der Waals surface area (Å²) in [5.74, 6) is 0. The van der Waals surface area contributed by atoms with E-state index >= 15 is 0 Å². The number of likely N-dealkylation sites (N-methyl/N-ethyl adjacent to an activating group) is 2. The Balaban J connectivity index is 2.18. The van der Waals surface area contributed by atoms with Crippen molar-refractivity contribution in [2.24, 2.45) is 0 Å². The molecule has 0 atom stereocenters. The summed E-state index contributed by atoms with van der Waals surface area (Å²) >= 11 is 0. The van der Waals surface area contributed by atoms with E-state index in [1.165, 1.54) is 24.2 Å². The molecular weight excluding hydrogens is 140 g/mol. The lowest BCUT2D eigenvalue weighted by Crippen LogP contribution is -2.31. The zero-order valence-corrected chi connectivity index (χ0v) is 7.13. The Kier molecular flexibility index (Phi) is 1.62. The van der Waals surface area contributed by atoms with Gasteiger partial charge in [0.25, 0.3) is 0 Å². The molecule has 2 heterocycles. The van der Waals surface area contributed by atoms with Crippen LogP contribution in [0, 0.1) is 0 Å². The van der Waals surface area contributed by atoms with Crippen molar-refractivity contribution in [3.63, 3.8) is 0 Å². The summed E-state index contributed by atoms with van der Waals surface area (Å²) in [6.45, 7) is 2.92. The van der Waals surface area contributed by atoms with Gasteiger partial charge < -0.3 is 4.90 Å². The lowest BCUT2D eigenvalue weighted by Gasteiger charge is -2.26. The second-order valence-electron chi connectivity index (χ2n) is 3.28. The molecule has 0 aliphatic carbocycles. The first kappa shape index (κ1) is 7.13. The van der Waals surface area contributed by atoms with Crippen molar-refractivity contribution in [2.75, 3.05) is 33.8 Å². The SMILES string of the molecule is CN1CC2=C(CCN2C)CO1. The fourth-order valence-corrected chi connectivity index (χ4v) is 1.68. The lowest BCUT2D eigenvalue weighted by atomic mass is 10.2. The Hall–Kier alpha value is -0.540. The van der Waals surface area contributed by atoms with Crippen LogP contribution < -0.4 is 0 Å². The number of hydroxylamine groups is 2. The summed E-state index contributed by atoms with van der Waals surface area (Å²) in [4.78, 5) is 7.72. The fraction of sp³-hybridized carbons (Fsp3) is 0.750. The minimum absolute atomic E-state index is 0.802. The van der Waals surface area contributed by atoms with Gasteiger partial charge >= 0.3 is 0 Å². The Morgan fingerprint density at radius 2 is 2.18 bits per heavy atom. The standard InChI is InChI=1S/C8H14N2O/c1-9-4-3-7-6-11-10(2)5-8(7)9/h3-6H2,1-2H3. The summed E-state index contributed by atoms with van der Waals surface area (Å²) in [5, 5.41) is 1.90. The first-order chi connectivity index (χ1) is 5.27. The molecule has 0 unspecified atom stereocenters. The van der Waals surface area contributed by atoms with Gasteiger partial charge in [-0.1, -0.05) is 0 Å². The maximum Gasteiger partial charge on any atom is 0.0916 e. The van der Waals surface area contributed by atoms with E-state index in [-0.39, 0.29) is 0 Å². The summed E-state index contributed by atoms with van der Waals surface area (Å²) in [6.07, 6.45) is 1.19. The molecule has 2 rings (SSSR count). The molecule has 0 radical (unpaired) electrons. The summed E-state index contributed by atoms with van der Waals surface area (Å²) in [6, 6.07) is 0. The number of nitrogens with zero attached hydrogens (tertiary/aromatic N) is 2. The Morgan fingerprint density at radius 3 is 3.00 bits per heavy atom. The van der Waals surface area contributed by atoms with Gasteiger partial charge in [0.2, 0.25) is 0 Å². The van der Waals surface area contributed by atoms with E-state index in [0.717, 1.165) is 13.2 Å². The van der Waals surface area contributed by atoms with Crippen molar-refractivity contribution in [1.29, 1.82) is 0 Å². The van der Waals surface area contributed by atoms with Crippen LogP contribution in [0.15, 0.2) is 11.3 Å². The van der Waals surface area contributed by atoms with Crippen molar-refractivity contribution >= 4 is 0 Å². The normalized spacial score (nSPS) is 26.2. The fourth-order valence-electron chi connectivity index (χ4n) is 1.68. The predicted molar refractivity (Wildman–Crippen MR) is 42.9 cm³/mol. The summed E-state index contributed by atoms with van der Waals surface area (Å²) < 4.78 is 0. The summed E-state index contributed by atoms with van der Waals surface area (Å²) in [7, 11) is 4.14. The van der Waals surface area contributed by atoms with Gasteiger partial charge in [0.15, 0.2) is 0 Å². The maximum absolute atomic E-state index is 5.39. The zero-order valence-electron chi connectivity index (χ0n) is 7.13. The van der Waals surface area contributed by atoms with Gasteiger partial charge in [0.05, 0.1) is 13.2 Å². The van der Waals surface area contributed by atoms with Crippen LogP contribution >= 0.6 is 0 Å². The van der Waals surface area contributed by atoms with Crippen molar-refractivity contribution in [3.8, 4) is 0 Å². The highest BCUT2D eigenvalue weighted by atomic mass is 16.7. The van der Waals surface area contributed by atoms with Gasteiger partial charge in [-0.2, -0.15) is 5.06 Å². The maximum atomic E-state index is 5.39. The third-order valence-corrected chi connectivity index (χ3v) is 2.45. The van der Waals surface area contributed by atoms with E-state index in [2.05, 4.69) is 11.9 Å². The van der Waals surface area contributed by atoms with E-state index in [1.54, 1.807) is 0 Å². The van der Waals surface area contributed by atoms with Crippen molar-refractivity contribution in [1.82, 2.24) is 9.96 Å². The Bertz CT molecular complexity index is 200. The lowest BCUT2D eigenvalue weighted by molar-refractivity contribution is -0.134. The molecule has 0 aromatic carbocycles. The minimum Gasteiger partial charge on any atom is -0.376 e. The second kappa shape index (κ2) is 2.50. The molecule has 2 aliphatic rings. The van der Waals surface area contributed by atoms with E-state index < -0.39 is 0 Å². The van der Waals surface area contributed by atoms with E-state index in [0.29, 0.717) is 0 Å². The Labute approximate surface area is 67.2 Å². The van der Waals surface area contributed by atoms with Gasteiger partial charge in [-0.05, 0) is 12.0 Å². The number of rotatable bonds is 0. The van der Waals surface area contributed by atoms with Gasteiger partial charge in [-0.15, -0.1) is 0 Å². The quantitative estimate of drug-likeness (QED) is 0.504. The molecule has 11 heavy (non-hydrogen) atoms. The van der Waals surface area contributed by atoms with Crippen molar-refractivity contribution < 1.29 is 4.84 Å². The van der Waals surface area contributed by atoms with Crippen molar-refractivity contribution in [2.45, 2.75) is 6.42 Å². The molecule has 0 fully saturated rings. The minimum atomic E-state index is 0.802. The molecule has 0 saturated heterocycles. The number of hydrogen-bond acceptors (Lipinski definition) is 3. The van der Waals surface area contributed by atoms with Crippen LogP contribution in [-0.2, 0) is 4.84 Å². The first-order valence-corrected chi connectivity index (χ1v) is 4.03. The molecule has 0 N–H and O–H groups in total. The average molecular weight is 154 g/mol. The third kappa shape index (κ3) is 1.14. The van der Waals surface area contributed by atoms with Gasteiger partial charge in [-0.25, -0.2) is 0 Å². The molecule has 0 saturated carbocycles. The van der Waals surface area contributed by atoms with Crippen LogP contribution in [0.25, 0.3) is 0 Å². The van der Waals surface area contributed by atoms with Gasteiger partial charge in [-0.3, -0.25) is 4.84 Å². The predicted octanol–water partition coefficient (Wildman–Crippen LogP) is 0.453. The molecule has 3 heteroatoms. The monoisotopic (exact) mass is 154 g/mol. The zero-order chi connectivity index (χ0) is 7.84. The molecule has 0 aromatic heterocycles. The highest BCUT2D eigenvalue weighted by Gasteiger charge is 2.24. The smallest absolute Gasteiger partial charge is 0.0916 e. The topological polar surface area (TPSA) is 15.7 Å². The average Bonchev–Trinajstić information content (AvgIpc) is 2.33. The molecule has 0 bridgehead atoms. The molecule has 2 aliphatic heterocycles. The van der Waals surface area contributed by atoms with Crippen molar-refractivity contribution in [3.05, 3.63) is 11.3 Å². The van der Waals surface area contributed by atoms with E-state index in [4.69, 9.17) is 4.84 Å². The highest BCUT2D eigenvalue weighted by Crippen LogP contribution is 2.25. The van der Waals surface area contributed by atoms with Crippen LogP contribution in [0.3, 0.4) is 0 Å². The van der Waals surface area contributed by atoms with Crippen LogP contribution in [-0.4, -0.2) is 43.8 Å². The second-order valence-corrected chi connectivity index (χ2v) is 3.28.